The molecule has 3 aromatic rings. The summed E-state index contributed by atoms with van der Waals surface area (Å²) in [5.74, 6) is -1.95. The van der Waals surface area contributed by atoms with Gasteiger partial charge >= 0.3 is 5.97 Å². The lowest BCUT2D eigenvalue weighted by Crippen LogP contribution is -2.50. The van der Waals surface area contributed by atoms with E-state index in [1.807, 2.05) is 48.5 Å². The van der Waals surface area contributed by atoms with Crippen LogP contribution in [0.4, 0.5) is 5.69 Å². The minimum atomic E-state index is -1.16. The highest BCUT2D eigenvalue weighted by atomic mass is 16.4. The number of fused-ring (bicyclic) bond motifs is 1. The normalized spacial score (nSPS) is 15.6. The molecule has 174 valence electrons. The van der Waals surface area contributed by atoms with E-state index < -0.39 is 24.3 Å². The Morgan fingerprint density at radius 1 is 0.941 bits per heavy atom. The van der Waals surface area contributed by atoms with Crippen molar-refractivity contribution in [2.45, 2.75) is 32.0 Å². The van der Waals surface area contributed by atoms with Crippen molar-refractivity contribution in [3.8, 4) is 0 Å². The van der Waals surface area contributed by atoms with E-state index in [2.05, 4.69) is 0 Å². The molecule has 1 unspecified atom stereocenters. The predicted molar refractivity (Wildman–Crippen MR) is 129 cm³/mol. The zero-order valence-corrected chi connectivity index (χ0v) is 18.8. The molecule has 1 aliphatic rings. The summed E-state index contributed by atoms with van der Waals surface area (Å²) in [6, 6.07) is 22.8. The fourth-order valence-corrected chi connectivity index (χ4v) is 4.32. The minimum Gasteiger partial charge on any atom is -0.481 e. The number of nitrogens with zero attached hydrogens (tertiary/aromatic N) is 2. The maximum Gasteiger partial charge on any atom is 0.306 e. The van der Waals surface area contributed by atoms with Crippen LogP contribution >= 0.6 is 0 Å². The Bertz CT molecular complexity index is 1200. The number of amides is 2. The molecule has 0 radical (unpaired) electrons. The number of carboxylic acids is 1. The first-order valence-corrected chi connectivity index (χ1v) is 11.2. The van der Waals surface area contributed by atoms with Crippen molar-refractivity contribution in [1.29, 1.82) is 0 Å². The van der Waals surface area contributed by atoms with Gasteiger partial charge in [-0.25, -0.2) is 0 Å². The number of aliphatic carboxylic acids is 1. The lowest BCUT2D eigenvalue weighted by Gasteiger charge is -2.31. The number of benzene rings is 3. The van der Waals surface area contributed by atoms with Gasteiger partial charge in [0, 0.05) is 30.9 Å². The van der Waals surface area contributed by atoms with E-state index >= 15 is 0 Å². The second-order valence-corrected chi connectivity index (χ2v) is 8.32. The predicted octanol–water partition coefficient (Wildman–Crippen LogP) is 3.22. The summed E-state index contributed by atoms with van der Waals surface area (Å²) in [5, 5.41) is 9.64. The van der Waals surface area contributed by atoms with Gasteiger partial charge in [-0.1, -0.05) is 60.7 Å². The number of anilines is 1. The number of carbonyl (C=O) groups excluding carboxylic acids is 2. The first kappa shape index (κ1) is 23.2. The number of carbonyl (C=O) groups is 3. The maximum absolute atomic E-state index is 13.7. The zero-order chi connectivity index (χ0) is 24.1. The fourth-order valence-electron chi connectivity index (χ4n) is 4.32. The smallest absolute Gasteiger partial charge is 0.306 e. The third-order valence-corrected chi connectivity index (χ3v) is 6.03. The SMILES string of the molecule is NCc1cccc(C(=O)N2c3ccccc3CN(CCc3ccccc3)C(=O)C2CC(=O)O)c1. The summed E-state index contributed by atoms with van der Waals surface area (Å²) in [5.41, 5.74) is 9.31. The molecule has 0 spiro atoms. The van der Waals surface area contributed by atoms with Gasteiger partial charge in [0.2, 0.25) is 5.91 Å². The summed E-state index contributed by atoms with van der Waals surface area (Å²) in [6.45, 7) is 0.977. The molecule has 4 rings (SSSR count). The Hall–Kier alpha value is -3.97. The van der Waals surface area contributed by atoms with E-state index in [1.165, 1.54) is 4.90 Å². The molecule has 0 saturated heterocycles. The van der Waals surface area contributed by atoms with Crippen molar-refractivity contribution in [3.05, 3.63) is 101 Å². The topological polar surface area (TPSA) is 104 Å². The van der Waals surface area contributed by atoms with Gasteiger partial charge < -0.3 is 15.7 Å². The van der Waals surface area contributed by atoms with Crippen molar-refractivity contribution in [3.63, 3.8) is 0 Å². The molecular formula is C27H27N3O4. The molecule has 0 bridgehead atoms. The molecule has 34 heavy (non-hydrogen) atoms. The summed E-state index contributed by atoms with van der Waals surface area (Å²) in [6.07, 6.45) is 0.137. The van der Waals surface area contributed by atoms with E-state index in [9.17, 15) is 19.5 Å². The summed E-state index contributed by atoms with van der Waals surface area (Å²) >= 11 is 0. The molecule has 0 saturated carbocycles. The van der Waals surface area contributed by atoms with Gasteiger partial charge in [0.15, 0.2) is 0 Å². The average Bonchev–Trinajstić information content (AvgIpc) is 2.97. The first-order chi connectivity index (χ1) is 16.5. The van der Waals surface area contributed by atoms with E-state index in [4.69, 9.17) is 5.73 Å². The highest BCUT2D eigenvalue weighted by molar-refractivity contribution is 6.11. The summed E-state index contributed by atoms with van der Waals surface area (Å²) < 4.78 is 0. The number of hydrogen-bond donors (Lipinski definition) is 2. The Kier molecular flexibility index (Phi) is 7.04. The number of nitrogens with two attached hydrogens (primary N) is 1. The third-order valence-electron chi connectivity index (χ3n) is 6.03. The number of carboxylic acid groups (broad SMARTS) is 1. The van der Waals surface area contributed by atoms with E-state index in [1.54, 1.807) is 35.2 Å². The average molecular weight is 458 g/mol. The van der Waals surface area contributed by atoms with Crippen LogP contribution in [0.3, 0.4) is 0 Å². The maximum atomic E-state index is 13.7. The van der Waals surface area contributed by atoms with Crippen molar-refractivity contribution >= 4 is 23.5 Å². The van der Waals surface area contributed by atoms with Crippen molar-refractivity contribution < 1.29 is 19.5 Å². The van der Waals surface area contributed by atoms with Crippen molar-refractivity contribution in [2.75, 3.05) is 11.4 Å². The molecule has 3 N–H and O–H groups in total. The van der Waals surface area contributed by atoms with Crippen LogP contribution in [0.2, 0.25) is 0 Å². The van der Waals surface area contributed by atoms with E-state index in [0.717, 1.165) is 16.7 Å². The summed E-state index contributed by atoms with van der Waals surface area (Å²) in [7, 11) is 0. The Labute approximate surface area is 198 Å². The van der Waals surface area contributed by atoms with Gasteiger partial charge in [-0.3, -0.25) is 19.3 Å². The van der Waals surface area contributed by atoms with Crippen LogP contribution in [0.5, 0.6) is 0 Å². The zero-order valence-electron chi connectivity index (χ0n) is 18.8. The second-order valence-electron chi connectivity index (χ2n) is 8.32. The van der Waals surface area contributed by atoms with Crippen molar-refractivity contribution in [1.82, 2.24) is 4.90 Å². The molecule has 0 aromatic heterocycles. The van der Waals surface area contributed by atoms with Gasteiger partial charge in [-0.05, 0) is 41.3 Å². The largest absolute Gasteiger partial charge is 0.481 e. The molecular weight excluding hydrogens is 430 g/mol. The highest BCUT2D eigenvalue weighted by Gasteiger charge is 2.39. The Morgan fingerprint density at radius 3 is 2.38 bits per heavy atom. The van der Waals surface area contributed by atoms with E-state index in [-0.39, 0.29) is 12.5 Å². The van der Waals surface area contributed by atoms with Gasteiger partial charge in [0.05, 0.1) is 6.42 Å². The highest BCUT2D eigenvalue weighted by Crippen LogP contribution is 2.31. The number of rotatable bonds is 7. The van der Waals surface area contributed by atoms with Gasteiger partial charge in [-0.15, -0.1) is 0 Å². The molecule has 1 heterocycles. The van der Waals surface area contributed by atoms with Crippen LogP contribution in [-0.4, -0.2) is 40.4 Å². The molecule has 3 aromatic carbocycles. The molecule has 0 fully saturated rings. The van der Waals surface area contributed by atoms with Gasteiger partial charge in [0.1, 0.15) is 6.04 Å². The third kappa shape index (κ3) is 5.00. The molecule has 0 aliphatic carbocycles. The molecule has 1 atom stereocenters. The lowest BCUT2D eigenvalue weighted by molar-refractivity contribution is -0.142. The second kappa shape index (κ2) is 10.3. The van der Waals surface area contributed by atoms with Crippen molar-refractivity contribution in [2.24, 2.45) is 5.73 Å². The molecule has 7 nitrogen and oxygen atoms in total. The van der Waals surface area contributed by atoms with Gasteiger partial charge in [-0.2, -0.15) is 0 Å². The molecule has 2 amide bonds. The van der Waals surface area contributed by atoms with Crippen LogP contribution in [0, 0.1) is 0 Å². The van der Waals surface area contributed by atoms with Crippen LogP contribution in [0.15, 0.2) is 78.9 Å². The van der Waals surface area contributed by atoms with E-state index in [0.29, 0.717) is 30.8 Å². The first-order valence-electron chi connectivity index (χ1n) is 11.2. The standard InChI is InChI=1S/C27H27N3O4/c28-17-20-9-6-11-21(15-20)26(33)30-23-12-5-4-10-22(23)18-29(27(34)24(30)16-25(31)32)14-13-19-7-2-1-3-8-19/h1-12,15,24H,13-14,16-18,28H2,(H,31,32). The monoisotopic (exact) mass is 457 g/mol. The minimum absolute atomic E-state index is 0.266. The number of para-hydroxylation sites is 1. The quantitative estimate of drug-likeness (QED) is 0.567. The molecule has 1 aliphatic heterocycles. The van der Waals surface area contributed by atoms with Gasteiger partial charge in [0.25, 0.3) is 5.91 Å². The Morgan fingerprint density at radius 2 is 1.65 bits per heavy atom. The Balaban J connectivity index is 1.74. The lowest BCUT2D eigenvalue weighted by atomic mass is 10.0. The fraction of sp³-hybridized carbons (Fsp3) is 0.222. The van der Waals surface area contributed by atoms with Crippen LogP contribution in [0.25, 0.3) is 0 Å². The summed E-state index contributed by atoms with van der Waals surface area (Å²) in [4.78, 5) is 42.2. The molecule has 7 heteroatoms. The van der Waals surface area contributed by atoms with Crippen LogP contribution in [0.1, 0.15) is 33.5 Å². The van der Waals surface area contributed by atoms with Crippen LogP contribution < -0.4 is 10.6 Å². The number of hydrogen-bond acceptors (Lipinski definition) is 4. The van der Waals surface area contributed by atoms with Crippen LogP contribution in [-0.2, 0) is 29.1 Å².